The van der Waals surface area contributed by atoms with Gasteiger partial charge in [-0.15, -0.1) is 10.2 Å². The molecule has 0 saturated carbocycles. The van der Waals surface area contributed by atoms with Gasteiger partial charge in [-0.3, -0.25) is 0 Å². The van der Waals surface area contributed by atoms with Crippen LogP contribution in [0.2, 0.25) is 10.3 Å². The van der Waals surface area contributed by atoms with Crippen LogP contribution >= 0.6 is 45.8 Å². The molecule has 0 bridgehead atoms. The Morgan fingerprint density at radius 3 is 2.56 bits per heavy atom. The van der Waals surface area contributed by atoms with Crippen LogP contribution in [0.3, 0.4) is 0 Å². The Morgan fingerprint density at radius 1 is 1.06 bits per heavy atom. The lowest BCUT2D eigenvalue weighted by Crippen LogP contribution is -1.91. The van der Waals surface area contributed by atoms with Crippen LogP contribution in [-0.4, -0.2) is 10.2 Å². The molecule has 82 valence electrons. The van der Waals surface area contributed by atoms with Crippen molar-refractivity contribution in [3.63, 3.8) is 0 Å². The first-order chi connectivity index (χ1) is 7.66. The molecule has 0 aliphatic rings. The van der Waals surface area contributed by atoms with Crippen molar-refractivity contribution >= 4 is 45.8 Å². The van der Waals surface area contributed by atoms with Gasteiger partial charge in [0.05, 0.1) is 3.57 Å². The second-order valence-electron chi connectivity index (χ2n) is 2.85. The van der Waals surface area contributed by atoms with Crippen molar-refractivity contribution in [1.82, 2.24) is 10.2 Å². The maximum absolute atomic E-state index is 5.84. The minimum Gasteiger partial charge on any atom is -0.453 e. The van der Waals surface area contributed by atoms with E-state index in [1.54, 1.807) is 0 Å². The van der Waals surface area contributed by atoms with Gasteiger partial charge in [0.2, 0.25) is 0 Å². The molecule has 16 heavy (non-hydrogen) atoms. The average Bonchev–Trinajstić information content (AvgIpc) is 2.27. The second-order valence-corrected chi connectivity index (χ2v) is 4.76. The summed E-state index contributed by atoms with van der Waals surface area (Å²) in [4.78, 5) is 0. The van der Waals surface area contributed by atoms with E-state index in [0.29, 0.717) is 11.5 Å². The van der Waals surface area contributed by atoms with Gasteiger partial charge in [-0.05, 0) is 34.7 Å². The van der Waals surface area contributed by atoms with Crippen LogP contribution in [0.25, 0.3) is 0 Å². The number of halogens is 3. The number of nitrogens with zero attached hydrogens (tertiary/aromatic N) is 2. The monoisotopic (exact) mass is 366 g/mol. The Kier molecular flexibility index (Phi) is 3.83. The van der Waals surface area contributed by atoms with Crippen LogP contribution in [0.4, 0.5) is 0 Å². The highest BCUT2D eigenvalue weighted by molar-refractivity contribution is 14.1. The van der Waals surface area contributed by atoms with Crippen molar-refractivity contribution in [2.24, 2.45) is 0 Å². The standard InChI is InChI=1S/C10H5Cl2IN2O/c11-9-5-8(10(12)15-14-9)16-7-4-2-1-3-6(7)13/h1-5H. The average molecular weight is 367 g/mol. The first-order valence-electron chi connectivity index (χ1n) is 4.28. The number of aromatic nitrogens is 2. The van der Waals surface area contributed by atoms with Gasteiger partial charge in [0.25, 0.3) is 0 Å². The Morgan fingerprint density at radius 2 is 1.81 bits per heavy atom. The summed E-state index contributed by atoms with van der Waals surface area (Å²) >= 11 is 13.7. The predicted molar refractivity (Wildman–Crippen MR) is 71.3 cm³/mol. The van der Waals surface area contributed by atoms with Crippen molar-refractivity contribution < 1.29 is 4.74 Å². The summed E-state index contributed by atoms with van der Waals surface area (Å²) in [6.07, 6.45) is 0. The van der Waals surface area contributed by atoms with Gasteiger partial charge in [0.1, 0.15) is 5.75 Å². The summed E-state index contributed by atoms with van der Waals surface area (Å²) in [5.41, 5.74) is 0. The summed E-state index contributed by atoms with van der Waals surface area (Å²) in [7, 11) is 0. The number of hydrogen-bond acceptors (Lipinski definition) is 3. The van der Waals surface area contributed by atoms with Crippen LogP contribution in [0.1, 0.15) is 0 Å². The van der Waals surface area contributed by atoms with Crippen LogP contribution in [0.15, 0.2) is 30.3 Å². The Balaban J connectivity index is 2.34. The van der Waals surface area contributed by atoms with Gasteiger partial charge >= 0.3 is 0 Å². The smallest absolute Gasteiger partial charge is 0.194 e. The van der Waals surface area contributed by atoms with Crippen molar-refractivity contribution in [2.45, 2.75) is 0 Å². The third-order valence-corrected chi connectivity index (χ3v) is 3.08. The van der Waals surface area contributed by atoms with Gasteiger partial charge in [-0.2, -0.15) is 0 Å². The zero-order valence-corrected chi connectivity index (χ0v) is 11.5. The van der Waals surface area contributed by atoms with Crippen LogP contribution in [-0.2, 0) is 0 Å². The summed E-state index contributed by atoms with van der Waals surface area (Å²) in [6, 6.07) is 9.10. The van der Waals surface area contributed by atoms with Crippen molar-refractivity contribution in [1.29, 1.82) is 0 Å². The topological polar surface area (TPSA) is 35.0 Å². The highest BCUT2D eigenvalue weighted by Crippen LogP contribution is 2.31. The predicted octanol–water partition coefficient (Wildman–Crippen LogP) is 4.18. The fourth-order valence-corrected chi connectivity index (χ4v) is 1.82. The number of para-hydroxylation sites is 1. The third kappa shape index (κ3) is 2.75. The number of hydrogen-bond donors (Lipinski definition) is 0. The highest BCUT2D eigenvalue weighted by atomic mass is 127. The Hall–Kier alpha value is -0.590. The highest BCUT2D eigenvalue weighted by Gasteiger charge is 2.08. The second kappa shape index (κ2) is 5.16. The van der Waals surface area contributed by atoms with Crippen LogP contribution < -0.4 is 4.74 Å². The van der Waals surface area contributed by atoms with Gasteiger partial charge in [-0.25, -0.2) is 0 Å². The SMILES string of the molecule is Clc1cc(Oc2ccccc2I)c(Cl)nn1. The van der Waals surface area contributed by atoms with E-state index in [2.05, 4.69) is 32.8 Å². The quantitative estimate of drug-likeness (QED) is 0.748. The van der Waals surface area contributed by atoms with Crippen LogP contribution in [0.5, 0.6) is 11.5 Å². The van der Waals surface area contributed by atoms with Gasteiger partial charge in [0.15, 0.2) is 16.1 Å². The van der Waals surface area contributed by atoms with Gasteiger partial charge < -0.3 is 4.74 Å². The maximum Gasteiger partial charge on any atom is 0.194 e. The van der Waals surface area contributed by atoms with Crippen molar-refractivity contribution in [3.8, 4) is 11.5 Å². The van der Waals surface area contributed by atoms with E-state index in [9.17, 15) is 0 Å². The molecule has 2 rings (SSSR count). The fraction of sp³-hybridized carbons (Fsp3) is 0. The fourth-order valence-electron chi connectivity index (χ4n) is 1.06. The van der Waals surface area contributed by atoms with Gasteiger partial charge in [0, 0.05) is 6.07 Å². The molecule has 0 unspecified atom stereocenters. The zero-order valence-electron chi connectivity index (χ0n) is 7.82. The maximum atomic E-state index is 5.84. The Bertz CT molecular complexity index is 522. The molecular weight excluding hydrogens is 362 g/mol. The molecule has 1 aromatic heterocycles. The lowest BCUT2D eigenvalue weighted by Gasteiger charge is -2.07. The normalized spacial score (nSPS) is 10.2. The summed E-state index contributed by atoms with van der Waals surface area (Å²) in [5, 5.41) is 7.69. The first-order valence-corrected chi connectivity index (χ1v) is 6.11. The lowest BCUT2D eigenvalue weighted by molar-refractivity contribution is 0.475. The molecule has 0 spiro atoms. The van der Waals surface area contributed by atoms with E-state index in [-0.39, 0.29) is 10.3 Å². The summed E-state index contributed by atoms with van der Waals surface area (Å²) < 4.78 is 6.57. The minimum absolute atomic E-state index is 0.184. The molecule has 1 heterocycles. The van der Waals surface area contributed by atoms with E-state index < -0.39 is 0 Å². The summed E-state index contributed by atoms with van der Waals surface area (Å²) in [6.45, 7) is 0. The molecule has 0 radical (unpaired) electrons. The molecule has 0 aliphatic carbocycles. The largest absolute Gasteiger partial charge is 0.453 e. The van der Waals surface area contributed by atoms with Gasteiger partial charge in [-0.1, -0.05) is 35.3 Å². The van der Waals surface area contributed by atoms with Crippen molar-refractivity contribution in [3.05, 3.63) is 44.2 Å². The number of ether oxygens (including phenoxy) is 1. The van der Waals surface area contributed by atoms with Crippen molar-refractivity contribution in [2.75, 3.05) is 0 Å². The molecule has 2 aromatic rings. The molecule has 0 N–H and O–H groups in total. The van der Waals surface area contributed by atoms with E-state index >= 15 is 0 Å². The molecule has 0 amide bonds. The molecule has 1 aromatic carbocycles. The Labute approximate surface area is 116 Å². The van der Waals surface area contributed by atoms with E-state index in [1.165, 1.54) is 6.07 Å². The van der Waals surface area contributed by atoms with Crippen LogP contribution in [0, 0.1) is 3.57 Å². The lowest BCUT2D eigenvalue weighted by atomic mass is 10.3. The minimum atomic E-state index is 0.184. The third-order valence-electron chi connectivity index (χ3n) is 1.74. The van der Waals surface area contributed by atoms with E-state index in [1.807, 2.05) is 24.3 Å². The molecule has 6 heteroatoms. The number of benzene rings is 1. The summed E-state index contributed by atoms with van der Waals surface area (Å²) in [5.74, 6) is 1.10. The molecule has 0 atom stereocenters. The van der Waals surface area contributed by atoms with E-state index in [4.69, 9.17) is 27.9 Å². The molecule has 0 saturated heterocycles. The number of rotatable bonds is 2. The zero-order chi connectivity index (χ0) is 11.5. The molecule has 0 aliphatic heterocycles. The molecule has 3 nitrogen and oxygen atoms in total. The first kappa shape index (κ1) is 11.9. The molecular formula is C10H5Cl2IN2O. The molecule has 0 fully saturated rings. The van der Waals surface area contributed by atoms with E-state index in [0.717, 1.165) is 3.57 Å².